The van der Waals surface area contributed by atoms with E-state index >= 15 is 0 Å². The zero-order chi connectivity index (χ0) is 13.8. The van der Waals surface area contributed by atoms with Gasteiger partial charge in [-0.2, -0.15) is 0 Å². The van der Waals surface area contributed by atoms with Crippen LogP contribution in [0.3, 0.4) is 0 Å². The maximum absolute atomic E-state index is 11.9. The van der Waals surface area contributed by atoms with Crippen LogP contribution in [0.15, 0.2) is 0 Å². The summed E-state index contributed by atoms with van der Waals surface area (Å²) >= 11 is 1.69. The van der Waals surface area contributed by atoms with Crippen LogP contribution >= 0.6 is 11.3 Å². The van der Waals surface area contributed by atoms with Crippen molar-refractivity contribution in [2.75, 3.05) is 6.54 Å². The Morgan fingerprint density at radius 2 is 2.17 bits per heavy atom. The molecule has 1 heterocycles. The quantitative estimate of drug-likeness (QED) is 0.829. The maximum Gasteiger partial charge on any atom is 0.239 e. The fraction of sp³-hybridized carbons (Fsp3) is 0.692. The highest BCUT2D eigenvalue weighted by Crippen LogP contribution is 2.16. The van der Waals surface area contributed by atoms with Crippen LogP contribution in [0.2, 0.25) is 0 Å². The minimum Gasteiger partial charge on any atom is -0.354 e. The van der Waals surface area contributed by atoms with Gasteiger partial charge in [0.05, 0.1) is 16.2 Å². The summed E-state index contributed by atoms with van der Waals surface area (Å²) in [4.78, 5) is 17.5. The lowest BCUT2D eigenvalue weighted by Gasteiger charge is -2.22. The largest absolute Gasteiger partial charge is 0.354 e. The van der Waals surface area contributed by atoms with Gasteiger partial charge in [-0.15, -0.1) is 11.3 Å². The molecule has 0 aromatic carbocycles. The van der Waals surface area contributed by atoms with Crippen molar-refractivity contribution in [3.63, 3.8) is 0 Å². The molecule has 102 valence electrons. The number of carbonyl (C=O) groups is 1. The van der Waals surface area contributed by atoms with Gasteiger partial charge in [0.15, 0.2) is 0 Å². The van der Waals surface area contributed by atoms with Gasteiger partial charge in [-0.25, -0.2) is 4.98 Å². The molecule has 4 nitrogen and oxygen atoms in total. The molecular weight excluding hydrogens is 246 g/mol. The van der Waals surface area contributed by atoms with Crippen LogP contribution in [0.4, 0.5) is 0 Å². The summed E-state index contributed by atoms with van der Waals surface area (Å²) in [6, 6.07) is 0. The average molecular weight is 269 g/mol. The summed E-state index contributed by atoms with van der Waals surface area (Å²) in [5, 5.41) is 3.96. The van der Waals surface area contributed by atoms with Crippen molar-refractivity contribution >= 4 is 17.2 Å². The van der Waals surface area contributed by atoms with Crippen molar-refractivity contribution in [3.8, 4) is 0 Å². The van der Waals surface area contributed by atoms with E-state index in [4.69, 9.17) is 5.73 Å². The summed E-state index contributed by atoms with van der Waals surface area (Å²) < 4.78 is 0. The summed E-state index contributed by atoms with van der Waals surface area (Å²) in [7, 11) is 0. The van der Waals surface area contributed by atoms with Crippen molar-refractivity contribution in [3.05, 3.63) is 15.6 Å². The molecule has 1 unspecified atom stereocenters. The molecular formula is C13H23N3OS. The van der Waals surface area contributed by atoms with Crippen LogP contribution in [0.5, 0.6) is 0 Å². The molecule has 0 spiro atoms. The molecule has 0 saturated heterocycles. The minimum absolute atomic E-state index is 0.0747. The third-order valence-corrected chi connectivity index (χ3v) is 4.12. The number of thiazole rings is 1. The van der Waals surface area contributed by atoms with Gasteiger partial charge >= 0.3 is 0 Å². The van der Waals surface area contributed by atoms with Crippen LogP contribution in [-0.4, -0.2) is 23.0 Å². The molecule has 0 aliphatic heterocycles. The van der Waals surface area contributed by atoms with Crippen LogP contribution in [-0.2, 0) is 11.2 Å². The van der Waals surface area contributed by atoms with E-state index in [-0.39, 0.29) is 5.91 Å². The lowest BCUT2D eigenvalue weighted by molar-refractivity contribution is -0.126. The Hall–Kier alpha value is -0.940. The number of nitrogens with one attached hydrogen (secondary N) is 1. The van der Waals surface area contributed by atoms with Crippen LogP contribution in [0, 0.1) is 13.8 Å². The van der Waals surface area contributed by atoms with Gasteiger partial charge in [0.1, 0.15) is 0 Å². The van der Waals surface area contributed by atoms with Gasteiger partial charge in [0.25, 0.3) is 0 Å². The van der Waals surface area contributed by atoms with Crippen molar-refractivity contribution in [1.82, 2.24) is 10.3 Å². The van der Waals surface area contributed by atoms with Crippen molar-refractivity contribution in [1.29, 1.82) is 0 Å². The third kappa shape index (κ3) is 4.07. The smallest absolute Gasteiger partial charge is 0.239 e. The summed E-state index contributed by atoms with van der Waals surface area (Å²) in [5.41, 5.74) is 6.27. The zero-order valence-corrected chi connectivity index (χ0v) is 12.5. The van der Waals surface area contributed by atoms with E-state index in [2.05, 4.69) is 17.2 Å². The molecule has 1 aromatic heterocycles. The SMILES string of the molecule is CCCC(C)(N)C(=O)NCCc1nc(C)c(C)s1. The first kappa shape index (κ1) is 15.1. The van der Waals surface area contributed by atoms with Crippen molar-refractivity contribution in [2.24, 2.45) is 5.73 Å². The van der Waals surface area contributed by atoms with E-state index in [1.807, 2.05) is 13.8 Å². The predicted octanol–water partition coefficient (Wildman–Crippen LogP) is 1.94. The number of rotatable bonds is 6. The molecule has 0 radical (unpaired) electrons. The number of amides is 1. The average Bonchev–Trinajstić information content (AvgIpc) is 2.58. The number of nitrogens with zero attached hydrogens (tertiary/aromatic N) is 1. The number of aryl methyl sites for hydroxylation is 2. The second-order valence-corrected chi connectivity index (χ2v) is 6.21. The highest BCUT2D eigenvalue weighted by Gasteiger charge is 2.26. The standard InChI is InChI=1S/C13H23N3OS/c1-5-7-13(4,14)12(17)15-8-6-11-16-9(2)10(3)18-11/h5-8,14H2,1-4H3,(H,15,17). The molecule has 1 atom stereocenters. The molecule has 0 bridgehead atoms. The second-order valence-electron chi connectivity index (χ2n) is 4.92. The fourth-order valence-electron chi connectivity index (χ4n) is 1.76. The zero-order valence-electron chi connectivity index (χ0n) is 11.7. The number of hydrogen-bond donors (Lipinski definition) is 2. The Kier molecular flexibility index (Phi) is 5.28. The molecule has 0 aliphatic carbocycles. The van der Waals surface area contributed by atoms with Crippen molar-refractivity contribution < 1.29 is 4.79 Å². The molecule has 1 aromatic rings. The molecule has 0 fully saturated rings. The second kappa shape index (κ2) is 6.29. The first-order valence-corrected chi connectivity index (χ1v) is 7.18. The van der Waals surface area contributed by atoms with Crippen LogP contribution in [0.25, 0.3) is 0 Å². The van der Waals surface area contributed by atoms with Crippen LogP contribution in [0.1, 0.15) is 42.3 Å². The number of carbonyl (C=O) groups excluding carboxylic acids is 1. The van der Waals surface area contributed by atoms with E-state index in [0.29, 0.717) is 13.0 Å². The van der Waals surface area contributed by atoms with Crippen LogP contribution < -0.4 is 11.1 Å². The van der Waals surface area contributed by atoms with E-state index < -0.39 is 5.54 Å². The molecule has 5 heteroatoms. The lowest BCUT2D eigenvalue weighted by atomic mass is 9.96. The Balaban J connectivity index is 2.40. The van der Waals surface area contributed by atoms with E-state index in [9.17, 15) is 4.79 Å². The van der Waals surface area contributed by atoms with Gasteiger partial charge in [-0.05, 0) is 27.2 Å². The molecule has 1 rings (SSSR count). The van der Waals surface area contributed by atoms with Gasteiger partial charge in [-0.1, -0.05) is 13.3 Å². The Bertz CT molecular complexity index is 393. The maximum atomic E-state index is 11.9. The van der Waals surface area contributed by atoms with Gasteiger partial charge in [-0.3, -0.25) is 4.79 Å². The normalized spacial score (nSPS) is 14.3. The molecule has 3 N–H and O–H groups in total. The highest BCUT2D eigenvalue weighted by atomic mass is 32.1. The summed E-state index contributed by atoms with van der Waals surface area (Å²) in [6.45, 7) is 8.48. The number of aromatic nitrogens is 1. The fourth-order valence-corrected chi connectivity index (χ4v) is 2.70. The topological polar surface area (TPSA) is 68.0 Å². The monoisotopic (exact) mass is 269 g/mol. The Labute approximate surface area is 113 Å². The first-order chi connectivity index (χ1) is 8.36. The summed E-state index contributed by atoms with van der Waals surface area (Å²) in [5.74, 6) is -0.0747. The molecule has 0 saturated carbocycles. The lowest BCUT2D eigenvalue weighted by Crippen LogP contribution is -2.51. The molecule has 18 heavy (non-hydrogen) atoms. The summed E-state index contributed by atoms with van der Waals surface area (Å²) in [6.07, 6.45) is 2.38. The predicted molar refractivity (Wildman–Crippen MR) is 75.8 cm³/mol. The first-order valence-electron chi connectivity index (χ1n) is 6.37. The number of nitrogens with two attached hydrogens (primary N) is 1. The Morgan fingerprint density at radius 3 is 2.67 bits per heavy atom. The van der Waals surface area contributed by atoms with E-state index in [0.717, 1.165) is 23.5 Å². The third-order valence-electron chi connectivity index (χ3n) is 2.99. The minimum atomic E-state index is -0.760. The van der Waals surface area contributed by atoms with Gasteiger partial charge in [0.2, 0.25) is 5.91 Å². The molecule has 1 amide bonds. The van der Waals surface area contributed by atoms with Crippen molar-refractivity contribution in [2.45, 2.75) is 52.5 Å². The van der Waals surface area contributed by atoms with E-state index in [1.54, 1.807) is 18.3 Å². The highest BCUT2D eigenvalue weighted by molar-refractivity contribution is 7.11. The number of hydrogen-bond acceptors (Lipinski definition) is 4. The Morgan fingerprint density at radius 1 is 1.50 bits per heavy atom. The van der Waals surface area contributed by atoms with Gasteiger partial charge < -0.3 is 11.1 Å². The van der Waals surface area contributed by atoms with E-state index in [1.165, 1.54) is 4.88 Å². The molecule has 0 aliphatic rings. The van der Waals surface area contributed by atoms with Gasteiger partial charge in [0, 0.05) is 17.8 Å².